The Bertz CT molecular complexity index is 90.6. The fraction of sp³-hybridized carbons (Fsp3) is 1.00. The van der Waals surface area contributed by atoms with Crippen LogP contribution in [0.3, 0.4) is 0 Å². The Hall–Kier alpha value is 0.270. The minimum Gasteiger partial charge on any atom is -0.381 e. The van der Waals surface area contributed by atoms with E-state index in [9.17, 15) is 0 Å². The fourth-order valence-corrected chi connectivity index (χ4v) is 1.50. The lowest BCUT2D eigenvalue weighted by Crippen LogP contribution is -2.34. The van der Waals surface area contributed by atoms with Crippen LogP contribution in [0, 0.1) is 0 Å². The van der Waals surface area contributed by atoms with E-state index >= 15 is 0 Å². The van der Waals surface area contributed by atoms with Crippen LogP contribution >= 0.6 is 11.8 Å². The van der Waals surface area contributed by atoms with Gasteiger partial charge in [-0.2, -0.15) is 11.8 Å². The van der Waals surface area contributed by atoms with Gasteiger partial charge >= 0.3 is 0 Å². The first-order chi connectivity index (χ1) is 5.06. The van der Waals surface area contributed by atoms with Crippen molar-refractivity contribution in [2.75, 3.05) is 24.7 Å². The van der Waals surface area contributed by atoms with E-state index in [1.54, 1.807) is 0 Å². The number of nitrogens with two attached hydrogens (primary N) is 1. The Morgan fingerprint density at radius 3 is 2.55 bits per heavy atom. The van der Waals surface area contributed by atoms with Crippen LogP contribution in [-0.4, -0.2) is 30.3 Å². The summed E-state index contributed by atoms with van der Waals surface area (Å²) >= 11 is 1.85. The van der Waals surface area contributed by atoms with E-state index in [1.165, 1.54) is 0 Å². The van der Waals surface area contributed by atoms with E-state index in [4.69, 9.17) is 10.5 Å². The van der Waals surface area contributed by atoms with E-state index in [2.05, 4.69) is 0 Å². The van der Waals surface area contributed by atoms with Crippen LogP contribution in [0.1, 0.15) is 20.8 Å². The molecule has 0 atom stereocenters. The summed E-state index contributed by atoms with van der Waals surface area (Å²) < 4.78 is 5.19. The largest absolute Gasteiger partial charge is 0.381 e. The highest BCUT2D eigenvalue weighted by molar-refractivity contribution is 7.99. The molecule has 3 heteroatoms. The molecule has 2 N–H and O–H groups in total. The van der Waals surface area contributed by atoms with Crippen LogP contribution in [0.4, 0.5) is 0 Å². The van der Waals surface area contributed by atoms with Gasteiger partial charge in [-0.15, -0.1) is 0 Å². The predicted octanol–water partition coefficient (Wildman–Crippen LogP) is 1.49. The molecular formula is C8H19NOS. The second-order valence-corrected chi connectivity index (χ2v) is 4.34. The summed E-state index contributed by atoms with van der Waals surface area (Å²) in [4.78, 5) is 0. The zero-order valence-corrected chi connectivity index (χ0v) is 8.54. The molecule has 0 saturated carbocycles. The van der Waals surface area contributed by atoms with E-state index < -0.39 is 0 Å². The highest BCUT2D eigenvalue weighted by Crippen LogP contribution is 2.08. The summed E-state index contributed by atoms with van der Waals surface area (Å²) in [6.45, 7) is 7.75. The number of hydrogen-bond acceptors (Lipinski definition) is 3. The van der Waals surface area contributed by atoms with Gasteiger partial charge in [0.15, 0.2) is 0 Å². The first-order valence-corrected chi connectivity index (χ1v) is 5.16. The number of thioether (sulfide) groups is 1. The molecule has 0 bridgehead atoms. The predicted molar refractivity (Wildman–Crippen MR) is 52.1 cm³/mol. The average molecular weight is 177 g/mol. The molecule has 0 heterocycles. The van der Waals surface area contributed by atoms with Gasteiger partial charge in [-0.1, -0.05) is 0 Å². The summed E-state index contributed by atoms with van der Waals surface area (Å²) in [5.74, 6) is 2.05. The Morgan fingerprint density at radius 1 is 1.45 bits per heavy atom. The number of rotatable bonds is 6. The summed E-state index contributed by atoms with van der Waals surface area (Å²) in [5, 5.41) is 0. The van der Waals surface area contributed by atoms with Gasteiger partial charge in [0, 0.05) is 23.7 Å². The minimum absolute atomic E-state index is 0.0448. The highest BCUT2D eigenvalue weighted by Gasteiger charge is 2.09. The van der Waals surface area contributed by atoms with Crippen molar-refractivity contribution in [1.29, 1.82) is 0 Å². The van der Waals surface area contributed by atoms with Gasteiger partial charge in [0.1, 0.15) is 0 Å². The van der Waals surface area contributed by atoms with Crippen molar-refractivity contribution in [1.82, 2.24) is 0 Å². The molecular weight excluding hydrogens is 158 g/mol. The molecule has 68 valence electrons. The molecule has 0 aliphatic carbocycles. The Balaban J connectivity index is 3.02. The summed E-state index contributed by atoms with van der Waals surface area (Å²) in [5.41, 5.74) is 5.74. The zero-order valence-electron chi connectivity index (χ0n) is 7.72. The van der Waals surface area contributed by atoms with Crippen molar-refractivity contribution in [3.8, 4) is 0 Å². The molecule has 11 heavy (non-hydrogen) atoms. The maximum atomic E-state index is 5.79. The SMILES string of the molecule is CCOCCSCC(C)(C)N. The first kappa shape index (κ1) is 11.3. The molecule has 0 aromatic heterocycles. The first-order valence-electron chi connectivity index (χ1n) is 4.00. The molecule has 0 rings (SSSR count). The van der Waals surface area contributed by atoms with Crippen LogP contribution in [0.25, 0.3) is 0 Å². The van der Waals surface area contributed by atoms with Crippen molar-refractivity contribution in [3.05, 3.63) is 0 Å². The van der Waals surface area contributed by atoms with E-state index in [0.717, 1.165) is 24.7 Å². The van der Waals surface area contributed by atoms with Gasteiger partial charge in [-0.3, -0.25) is 0 Å². The number of hydrogen-bond donors (Lipinski definition) is 1. The van der Waals surface area contributed by atoms with Gasteiger partial charge in [-0.25, -0.2) is 0 Å². The molecule has 0 fully saturated rings. The van der Waals surface area contributed by atoms with Crippen molar-refractivity contribution >= 4 is 11.8 Å². The summed E-state index contributed by atoms with van der Waals surface area (Å²) in [6.07, 6.45) is 0. The lowest BCUT2D eigenvalue weighted by Gasteiger charge is -2.17. The Labute approximate surface area is 73.9 Å². The van der Waals surface area contributed by atoms with Crippen LogP contribution in [0.15, 0.2) is 0 Å². The topological polar surface area (TPSA) is 35.2 Å². The Kier molecular flexibility index (Phi) is 6.01. The number of ether oxygens (including phenoxy) is 1. The second-order valence-electron chi connectivity index (χ2n) is 3.24. The average Bonchev–Trinajstić information content (AvgIpc) is 1.85. The quantitative estimate of drug-likeness (QED) is 0.624. The van der Waals surface area contributed by atoms with Gasteiger partial charge < -0.3 is 10.5 Å². The van der Waals surface area contributed by atoms with Crippen molar-refractivity contribution in [2.24, 2.45) is 5.73 Å². The van der Waals surface area contributed by atoms with Crippen LogP contribution in [0.2, 0.25) is 0 Å². The van der Waals surface area contributed by atoms with Crippen LogP contribution < -0.4 is 5.73 Å². The molecule has 0 aliphatic rings. The maximum Gasteiger partial charge on any atom is 0.0556 e. The zero-order chi connectivity index (χ0) is 8.74. The Morgan fingerprint density at radius 2 is 2.09 bits per heavy atom. The molecule has 0 unspecified atom stereocenters. The molecule has 0 saturated heterocycles. The monoisotopic (exact) mass is 177 g/mol. The van der Waals surface area contributed by atoms with Crippen molar-refractivity contribution in [3.63, 3.8) is 0 Å². The summed E-state index contributed by atoms with van der Waals surface area (Å²) in [7, 11) is 0. The fourth-order valence-electron chi connectivity index (χ4n) is 0.597. The highest BCUT2D eigenvalue weighted by atomic mass is 32.2. The van der Waals surface area contributed by atoms with Gasteiger partial charge in [0.05, 0.1) is 6.61 Å². The third-order valence-corrected chi connectivity index (χ3v) is 2.45. The molecule has 0 aromatic carbocycles. The van der Waals surface area contributed by atoms with Crippen molar-refractivity contribution < 1.29 is 4.74 Å². The van der Waals surface area contributed by atoms with E-state index in [0.29, 0.717) is 0 Å². The standard InChI is InChI=1S/C8H19NOS/c1-4-10-5-6-11-7-8(2,3)9/h4-7,9H2,1-3H3. The molecule has 0 aliphatic heterocycles. The summed E-state index contributed by atoms with van der Waals surface area (Å²) in [6, 6.07) is 0. The third-order valence-electron chi connectivity index (χ3n) is 1.05. The lowest BCUT2D eigenvalue weighted by atomic mass is 10.1. The van der Waals surface area contributed by atoms with Gasteiger partial charge in [0.2, 0.25) is 0 Å². The maximum absolute atomic E-state index is 5.79. The van der Waals surface area contributed by atoms with E-state index in [-0.39, 0.29) is 5.54 Å². The second kappa shape index (κ2) is 5.86. The molecule has 0 amide bonds. The minimum atomic E-state index is -0.0448. The lowest BCUT2D eigenvalue weighted by molar-refractivity contribution is 0.164. The van der Waals surface area contributed by atoms with Crippen LogP contribution in [0.5, 0.6) is 0 Å². The molecule has 2 nitrogen and oxygen atoms in total. The van der Waals surface area contributed by atoms with Crippen LogP contribution in [-0.2, 0) is 4.74 Å². The molecule has 0 spiro atoms. The normalized spacial score (nSPS) is 12.0. The van der Waals surface area contributed by atoms with Crippen molar-refractivity contribution in [2.45, 2.75) is 26.3 Å². The molecule has 0 aromatic rings. The third kappa shape index (κ3) is 10.3. The smallest absolute Gasteiger partial charge is 0.0556 e. The van der Waals surface area contributed by atoms with Gasteiger partial charge in [-0.05, 0) is 20.8 Å². The molecule has 0 radical (unpaired) electrons. The van der Waals surface area contributed by atoms with E-state index in [1.807, 2.05) is 32.5 Å². The van der Waals surface area contributed by atoms with Gasteiger partial charge in [0.25, 0.3) is 0 Å².